The Morgan fingerprint density at radius 2 is 1.78 bits per heavy atom. The van der Waals surface area contributed by atoms with Crippen LogP contribution < -0.4 is 16.1 Å². The number of anilines is 1. The summed E-state index contributed by atoms with van der Waals surface area (Å²) >= 11 is 5.26. The van der Waals surface area contributed by atoms with Crippen molar-refractivity contribution < 1.29 is 9.59 Å². The highest BCUT2D eigenvalue weighted by Crippen LogP contribution is 2.22. The minimum atomic E-state index is -0.974. The van der Waals surface area contributed by atoms with E-state index in [4.69, 9.17) is 12.2 Å². The predicted molar refractivity (Wildman–Crippen MR) is 109 cm³/mol. The molecule has 1 saturated heterocycles. The number of rotatable bonds is 5. The maximum Gasteiger partial charge on any atom is 0.344 e. The first-order valence-corrected chi connectivity index (χ1v) is 9.14. The minimum Gasteiger partial charge on any atom is -0.331 e. The van der Waals surface area contributed by atoms with E-state index >= 15 is 0 Å². The summed E-state index contributed by atoms with van der Waals surface area (Å²) in [5.74, 6) is -0.350. The van der Waals surface area contributed by atoms with Gasteiger partial charge in [-0.2, -0.15) is 5.01 Å². The third kappa shape index (κ3) is 4.25. The topological polar surface area (TPSA) is 73.5 Å². The fraction of sp³-hybridized carbons (Fsp3) is 0.250. The number of carbonyl (C=O) groups excluding carboxylic acids is 2. The fourth-order valence-electron chi connectivity index (χ4n) is 2.96. The lowest BCUT2D eigenvalue weighted by molar-refractivity contribution is -0.132. The van der Waals surface area contributed by atoms with Gasteiger partial charge < -0.3 is 10.6 Å². The summed E-state index contributed by atoms with van der Waals surface area (Å²) in [5, 5.41) is 6.90. The second-order valence-electron chi connectivity index (χ2n) is 6.77. The summed E-state index contributed by atoms with van der Waals surface area (Å²) in [5.41, 5.74) is 4.66. The molecule has 1 atom stereocenters. The van der Waals surface area contributed by atoms with Gasteiger partial charge in [0.1, 0.15) is 5.54 Å². The van der Waals surface area contributed by atoms with Crippen LogP contribution in [0, 0.1) is 6.92 Å². The normalized spacial score (nSPS) is 19.0. The summed E-state index contributed by atoms with van der Waals surface area (Å²) in [6, 6.07) is 17.0. The van der Waals surface area contributed by atoms with Crippen LogP contribution >= 0.6 is 12.2 Å². The first kappa shape index (κ1) is 18.8. The molecule has 7 heteroatoms. The number of nitrogens with zero attached hydrogens (tertiary/aromatic N) is 1. The number of carbonyl (C=O) groups is 2. The maximum absolute atomic E-state index is 12.8. The molecule has 1 fully saturated rings. The van der Waals surface area contributed by atoms with Crippen molar-refractivity contribution in [1.29, 1.82) is 0 Å². The van der Waals surface area contributed by atoms with Crippen LogP contribution in [0.3, 0.4) is 0 Å². The lowest BCUT2D eigenvalue weighted by atomic mass is 9.93. The molecule has 0 aromatic heterocycles. The molecule has 0 spiro atoms. The van der Waals surface area contributed by atoms with Crippen LogP contribution in [0.1, 0.15) is 24.5 Å². The molecule has 0 saturated carbocycles. The molecule has 0 radical (unpaired) electrons. The Morgan fingerprint density at radius 3 is 2.48 bits per heavy atom. The van der Waals surface area contributed by atoms with E-state index < -0.39 is 11.6 Å². The Morgan fingerprint density at radius 1 is 1.11 bits per heavy atom. The number of hydrogen-bond acceptors (Lipinski definition) is 3. The van der Waals surface area contributed by atoms with Gasteiger partial charge in [0, 0.05) is 5.69 Å². The molecule has 140 valence electrons. The van der Waals surface area contributed by atoms with Crippen LogP contribution in [0.25, 0.3) is 0 Å². The number of urea groups is 1. The zero-order chi connectivity index (χ0) is 19.4. The van der Waals surface area contributed by atoms with Gasteiger partial charge in [-0.15, -0.1) is 0 Å². The average molecular weight is 382 g/mol. The number of amides is 3. The number of benzene rings is 2. The highest BCUT2D eigenvalue weighted by molar-refractivity contribution is 7.80. The van der Waals surface area contributed by atoms with E-state index in [-0.39, 0.29) is 11.0 Å². The van der Waals surface area contributed by atoms with Gasteiger partial charge in [-0.05, 0) is 56.1 Å². The summed E-state index contributed by atoms with van der Waals surface area (Å²) in [4.78, 5) is 25.1. The van der Waals surface area contributed by atoms with Crippen molar-refractivity contribution in [2.24, 2.45) is 0 Å². The summed E-state index contributed by atoms with van der Waals surface area (Å²) in [6.07, 6.45) is 1.18. The number of nitrogens with one attached hydrogen (secondary N) is 3. The van der Waals surface area contributed by atoms with Crippen LogP contribution in [0.2, 0.25) is 0 Å². The van der Waals surface area contributed by atoms with E-state index in [1.54, 1.807) is 6.92 Å². The molecule has 27 heavy (non-hydrogen) atoms. The van der Waals surface area contributed by atoms with Crippen LogP contribution in [-0.4, -0.2) is 27.6 Å². The molecule has 3 rings (SSSR count). The molecule has 2 aromatic rings. The van der Waals surface area contributed by atoms with Crippen LogP contribution in [0.15, 0.2) is 54.6 Å². The summed E-state index contributed by atoms with van der Waals surface area (Å²) in [7, 11) is 0. The highest BCUT2D eigenvalue weighted by Gasteiger charge is 2.48. The van der Waals surface area contributed by atoms with E-state index in [0.717, 1.165) is 21.8 Å². The zero-order valence-corrected chi connectivity index (χ0v) is 16.1. The van der Waals surface area contributed by atoms with Gasteiger partial charge in [-0.3, -0.25) is 10.2 Å². The second kappa shape index (κ2) is 7.75. The predicted octanol–water partition coefficient (Wildman–Crippen LogP) is 3.14. The molecule has 0 aliphatic carbocycles. The SMILES string of the molecule is Cc1ccccc1NC(=S)NN1C(=O)N[C@](C)(CCc2ccccc2)C1=O. The van der Waals surface area contributed by atoms with Crippen molar-refractivity contribution in [2.75, 3.05) is 5.32 Å². The standard InChI is InChI=1S/C20H22N4O2S/c1-14-8-6-7-11-16(14)21-18(27)23-24-17(25)20(2,22-19(24)26)13-12-15-9-4-3-5-10-15/h3-11H,12-13H2,1-2H3,(H,22,26)(H2,21,23,27)/t20-/m1/s1. The van der Waals surface area contributed by atoms with Gasteiger partial charge in [0.2, 0.25) is 0 Å². The lowest BCUT2D eigenvalue weighted by Crippen LogP contribution is -2.50. The molecule has 0 bridgehead atoms. The van der Waals surface area contributed by atoms with Gasteiger partial charge in [-0.25, -0.2) is 4.79 Å². The fourth-order valence-corrected chi connectivity index (χ4v) is 3.16. The number of hydrogen-bond donors (Lipinski definition) is 3. The summed E-state index contributed by atoms with van der Waals surface area (Å²) < 4.78 is 0. The molecule has 1 aliphatic heterocycles. The Balaban J connectivity index is 1.63. The molecule has 3 amide bonds. The molecule has 1 heterocycles. The Labute approximate surface area is 163 Å². The smallest absolute Gasteiger partial charge is 0.331 e. The average Bonchev–Trinajstić information content (AvgIpc) is 2.86. The first-order valence-electron chi connectivity index (χ1n) is 8.73. The van der Waals surface area contributed by atoms with Crippen molar-refractivity contribution in [3.63, 3.8) is 0 Å². The molecule has 1 aliphatic rings. The molecule has 6 nitrogen and oxygen atoms in total. The molecular weight excluding hydrogens is 360 g/mol. The quantitative estimate of drug-likeness (QED) is 0.547. The van der Waals surface area contributed by atoms with E-state index in [1.807, 2.05) is 61.5 Å². The van der Waals surface area contributed by atoms with Crippen molar-refractivity contribution in [3.8, 4) is 0 Å². The third-order valence-electron chi connectivity index (χ3n) is 4.62. The number of imide groups is 1. The maximum atomic E-state index is 12.8. The van der Waals surface area contributed by atoms with Gasteiger partial charge in [0.15, 0.2) is 5.11 Å². The van der Waals surface area contributed by atoms with Crippen molar-refractivity contribution in [2.45, 2.75) is 32.2 Å². The van der Waals surface area contributed by atoms with Crippen molar-refractivity contribution >= 4 is 35.0 Å². The van der Waals surface area contributed by atoms with Gasteiger partial charge in [0.25, 0.3) is 5.91 Å². The Kier molecular flexibility index (Phi) is 5.41. The van der Waals surface area contributed by atoms with Gasteiger partial charge in [0.05, 0.1) is 0 Å². The van der Waals surface area contributed by atoms with Crippen molar-refractivity contribution in [1.82, 2.24) is 15.8 Å². The first-order chi connectivity index (χ1) is 12.9. The largest absolute Gasteiger partial charge is 0.344 e. The van der Waals surface area contributed by atoms with E-state index in [0.29, 0.717) is 12.8 Å². The van der Waals surface area contributed by atoms with Gasteiger partial charge in [-0.1, -0.05) is 48.5 Å². The number of para-hydroxylation sites is 1. The summed E-state index contributed by atoms with van der Waals surface area (Å²) in [6.45, 7) is 3.68. The molecular formula is C20H22N4O2S. The van der Waals surface area contributed by atoms with Crippen molar-refractivity contribution in [3.05, 3.63) is 65.7 Å². The number of thiocarbonyl (C=S) groups is 1. The van der Waals surface area contributed by atoms with Crippen LogP contribution in [-0.2, 0) is 11.2 Å². The van der Waals surface area contributed by atoms with E-state index in [9.17, 15) is 9.59 Å². The second-order valence-corrected chi connectivity index (χ2v) is 7.18. The number of hydrazine groups is 1. The molecule has 3 N–H and O–H groups in total. The minimum absolute atomic E-state index is 0.181. The van der Waals surface area contributed by atoms with Gasteiger partial charge >= 0.3 is 6.03 Å². The third-order valence-corrected chi connectivity index (χ3v) is 4.82. The Bertz CT molecular complexity index is 871. The highest BCUT2D eigenvalue weighted by atomic mass is 32.1. The Hall–Kier alpha value is -2.93. The van der Waals surface area contributed by atoms with E-state index in [1.165, 1.54) is 0 Å². The van der Waals surface area contributed by atoms with Crippen LogP contribution in [0.4, 0.5) is 10.5 Å². The monoisotopic (exact) mass is 382 g/mol. The zero-order valence-electron chi connectivity index (χ0n) is 15.3. The van der Waals surface area contributed by atoms with E-state index in [2.05, 4.69) is 16.1 Å². The van der Waals surface area contributed by atoms with Crippen LogP contribution in [0.5, 0.6) is 0 Å². The molecule has 0 unspecified atom stereocenters. The lowest BCUT2D eigenvalue weighted by Gasteiger charge is -2.22. The number of aryl methyl sites for hydroxylation is 2. The molecule has 2 aromatic carbocycles.